The van der Waals surface area contributed by atoms with Crippen LogP contribution in [0.5, 0.6) is 0 Å². The van der Waals surface area contributed by atoms with Crippen LogP contribution in [0.1, 0.15) is 64.2 Å². The van der Waals surface area contributed by atoms with Gasteiger partial charge in [-0.3, -0.25) is 9.59 Å². The van der Waals surface area contributed by atoms with Crippen molar-refractivity contribution in [2.45, 2.75) is 64.2 Å². The molecule has 0 saturated heterocycles. The fraction of sp³-hybridized carbons (Fsp3) is 0.857. The molecule has 0 aromatic carbocycles. The fourth-order valence-electron chi connectivity index (χ4n) is 1.80. The van der Waals surface area contributed by atoms with E-state index in [0.29, 0.717) is 6.42 Å². The molecule has 112 valence electrons. The maximum Gasteiger partial charge on any atom is 0.304 e. The third kappa shape index (κ3) is 17.3. The van der Waals surface area contributed by atoms with Crippen molar-refractivity contribution in [1.82, 2.24) is 0 Å². The summed E-state index contributed by atoms with van der Waals surface area (Å²) < 4.78 is 0. The van der Waals surface area contributed by atoms with Crippen LogP contribution in [0.4, 0.5) is 0 Å². The number of carboxylic acid groups (broad SMARTS) is 2. The van der Waals surface area contributed by atoms with E-state index in [1.165, 1.54) is 32.1 Å². The van der Waals surface area contributed by atoms with Gasteiger partial charge in [0.15, 0.2) is 0 Å². The Morgan fingerprint density at radius 3 is 1.63 bits per heavy atom. The topological polar surface area (TPSA) is 74.6 Å². The minimum Gasteiger partial charge on any atom is -0.481 e. The summed E-state index contributed by atoms with van der Waals surface area (Å²) in [5.41, 5.74) is 0. The molecule has 2 N–H and O–H groups in total. The van der Waals surface area contributed by atoms with Gasteiger partial charge in [-0.25, -0.2) is 0 Å². The number of thioether (sulfide) groups is 1. The molecule has 0 unspecified atom stereocenters. The number of hydrogen-bond acceptors (Lipinski definition) is 3. The van der Waals surface area contributed by atoms with Crippen molar-refractivity contribution in [1.29, 1.82) is 0 Å². The first-order valence-electron chi connectivity index (χ1n) is 7.14. The number of rotatable bonds is 14. The normalized spacial score (nSPS) is 10.5. The van der Waals surface area contributed by atoms with Gasteiger partial charge in [0.25, 0.3) is 0 Å². The van der Waals surface area contributed by atoms with Crippen molar-refractivity contribution in [3.63, 3.8) is 0 Å². The van der Waals surface area contributed by atoms with Gasteiger partial charge in [0.1, 0.15) is 0 Å². The summed E-state index contributed by atoms with van der Waals surface area (Å²) in [6.45, 7) is 0. The molecule has 0 aliphatic heterocycles. The van der Waals surface area contributed by atoms with Crippen molar-refractivity contribution in [2.24, 2.45) is 0 Å². The van der Waals surface area contributed by atoms with Crippen molar-refractivity contribution in [2.75, 3.05) is 11.5 Å². The third-order valence-corrected chi connectivity index (χ3v) is 3.96. The van der Waals surface area contributed by atoms with Crippen molar-refractivity contribution in [3.8, 4) is 0 Å². The van der Waals surface area contributed by atoms with E-state index in [2.05, 4.69) is 0 Å². The average molecular weight is 290 g/mol. The predicted octanol–water partition coefficient (Wildman–Crippen LogP) is 3.79. The Hall–Kier alpha value is -0.710. The van der Waals surface area contributed by atoms with E-state index in [1.807, 2.05) is 0 Å². The van der Waals surface area contributed by atoms with Crippen LogP contribution in [0.3, 0.4) is 0 Å². The van der Waals surface area contributed by atoms with Crippen LogP contribution in [0.25, 0.3) is 0 Å². The first kappa shape index (κ1) is 18.3. The zero-order chi connectivity index (χ0) is 14.3. The van der Waals surface area contributed by atoms with Gasteiger partial charge in [-0.05, 0) is 18.6 Å². The molecule has 19 heavy (non-hydrogen) atoms. The molecule has 0 atom stereocenters. The standard InChI is InChI=1S/C14H26O4S/c15-13(16)9-7-5-3-1-2-4-6-8-11-19-12-10-14(17)18/h1-12H2,(H,15,16)(H,17,18). The van der Waals surface area contributed by atoms with E-state index in [9.17, 15) is 9.59 Å². The zero-order valence-electron chi connectivity index (χ0n) is 11.6. The molecule has 0 radical (unpaired) electrons. The fourth-order valence-corrected chi connectivity index (χ4v) is 2.73. The third-order valence-electron chi connectivity index (χ3n) is 2.89. The van der Waals surface area contributed by atoms with E-state index >= 15 is 0 Å². The Kier molecular flexibility index (Phi) is 13.2. The van der Waals surface area contributed by atoms with Crippen molar-refractivity contribution < 1.29 is 19.8 Å². The van der Waals surface area contributed by atoms with E-state index in [4.69, 9.17) is 10.2 Å². The zero-order valence-corrected chi connectivity index (χ0v) is 12.4. The summed E-state index contributed by atoms with van der Waals surface area (Å²) in [4.78, 5) is 20.6. The second-order valence-electron chi connectivity index (χ2n) is 4.73. The van der Waals surface area contributed by atoms with Gasteiger partial charge >= 0.3 is 11.9 Å². The van der Waals surface area contributed by atoms with Crippen LogP contribution in [-0.4, -0.2) is 33.7 Å². The molecule has 0 rings (SSSR count). The van der Waals surface area contributed by atoms with Crippen LogP contribution in [0.15, 0.2) is 0 Å². The highest BCUT2D eigenvalue weighted by atomic mass is 32.2. The van der Waals surface area contributed by atoms with E-state index < -0.39 is 11.9 Å². The van der Waals surface area contributed by atoms with Crippen LogP contribution in [0, 0.1) is 0 Å². The first-order chi connectivity index (χ1) is 9.13. The quantitative estimate of drug-likeness (QED) is 0.476. The molecule has 0 fully saturated rings. The Bertz CT molecular complexity index is 220. The Morgan fingerprint density at radius 2 is 1.11 bits per heavy atom. The molecular formula is C14H26O4S. The average Bonchev–Trinajstić information content (AvgIpc) is 2.34. The van der Waals surface area contributed by atoms with Crippen LogP contribution in [-0.2, 0) is 9.59 Å². The molecule has 0 saturated carbocycles. The second kappa shape index (κ2) is 13.7. The number of carbonyl (C=O) groups is 2. The SMILES string of the molecule is O=C(O)CCCCCCCCCCSCCC(=O)O. The predicted molar refractivity (Wildman–Crippen MR) is 78.8 cm³/mol. The Labute approximate surface area is 120 Å². The summed E-state index contributed by atoms with van der Waals surface area (Å²) in [5.74, 6) is 0.376. The maximum atomic E-state index is 10.3. The number of aliphatic carboxylic acids is 2. The largest absolute Gasteiger partial charge is 0.481 e. The molecule has 0 heterocycles. The summed E-state index contributed by atoms with van der Waals surface area (Å²) in [5, 5.41) is 16.9. The van der Waals surface area contributed by atoms with Crippen LogP contribution >= 0.6 is 11.8 Å². The molecular weight excluding hydrogens is 264 g/mol. The highest BCUT2D eigenvalue weighted by molar-refractivity contribution is 7.99. The number of hydrogen-bond donors (Lipinski definition) is 2. The number of unbranched alkanes of at least 4 members (excludes halogenated alkanes) is 7. The van der Waals surface area contributed by atoms with Gasteiger partial charge < -0.3 is 10.2 Å². The Balaban J connectivity index is 2.99. The van der Waals surface area contributed by atoms with Gasteiger partial charge in [-0.1, -0.05) is 38.5 Å². The highest BCUT2D eigenvalue weighted by Crippen LogP contribution is 2.12. The van der Waals surface area contributed by atoms with Crippen molar-refractivity contribution >= 4 is 23.7 Å². The smallest absolute Gasteiger partial charge is 0.304 e. The minimum absolute atomic E-state index is 0.265. The summed E-state index contributed by atoms with van der Waals surface area (Å²) in [7, 11) is 0. The van der Waals surface area contributed by atoms with Crippen molar-refractivity contribution in [3.05, 3.63) is 0 Å². The molecule has 5 heteroatoms. The van der Waals surface area contributed by atoms with E-state index in [0.717, 1.165) is 30.8 Å². The highest BCUT2D eigenvalue weighted by Gasteiger charge is 1.98. The van der Waals surface area contributed by atoms with Crippen LogP contribution < -0.4 is 0 Å². The van der Waals surface area contributed by atoms with Gasteiger partial charge in [-0.2, -0.15) is 11.8 Å². The monoisotopic (exact) mass is 290 g/mol. The first-order valence-corrected chi connectivity index (χ1v) is 8.29. The minimum atomic E-state index is -0.713. The van der Waals surface area contributed by atoms with Gasteiger partial charge in [0, 0.05) is 12.2 Å². The molecule has 0 spiro atoms. The van der Waals surface area contributed by atoms with Gasteiger partial charge in [0.2, 0.25) is 0 Å². The summed E-state index contributed by atoms with van der Waals surface area (Å²) in [6, 6.07) is 0. The van der Waals surface area contributed by atoms with E-state index in [-0.39, 0.29) is 6.42 Å². The summed E-state index contributed by atoms with van der Waals surface area (Å²) >= 11 is 1.72. The Morgan fingerprint density at radius 1 is 0.632 bits per heavy atom. The molecule has 0 aromatic heterocycles. The molecule has 0 bridgehead atoms. The lowest BCUT2D eigenvalue weighted by molar-refractivity contribution is -0.137. The molecule has 0 aliphatic carbocycles. The lowest BCUT2D eigenvalue weighted by atomic mass is 10.1. The number of carboxylic acids is 2. The molecule has 0 aliphatic rings. The second-order valence-corrected chi connectivity index (χ2v) is 5.95. The molecule has 0 aromatic rings. The summed E-state index contributed by atoms with van der Waals surface area (Å²) in [6.07, 6.45) is 9.58. The molecule has 4 nitrogen and oxygen atoms in total. The van der Waals surface area contributed by atoms with Gasteiger partial charge in [-0.15, -0.1) is 0 Å². The maximum absolute atomic E-state index is 10.3. The lowest BCUT2D eigenvalue weighted by Crippen LogP contribution is -1.96. The molecule has 0 amide bonds. The van der Waals surface area contributed by atoms with Gasteiger partial charge in [0.05, 0.1) is 6.42 Å². The van der Waals surface area contributed by atoms with Crippen LogP contribution in [0.2, 0.25) is 0 Å². The van der Waals surface area contributed by atoms with E-state index in [1.54, 1.807) is 11.8 Å². The lowest BCUT2D eigenvalue weighted by Gasteiger charge is -2.02.